The molecule has 0 aromatic carbocycles. The maximum Gasteiger partial charge on any atom is 0.244 e. The number of pyridine rings is 2. The minimum absolute atomic E-state index is 0.0265. The van der Waals surface area contributed by atoms with Gasteiger partial charge in [-0.2, -0.15) is 5.10 Å². The molecule has 10 nitrogen and oxygen atoms in total. The molecule has 0 aliphatic carbocycles. The third kappa shape index (κ3) is 8.23. The lowest BCUT2D eigenvalue weighted by Gasteiger charge is -2.21. The molecule has 3 N–H and O–H groups in total. The number of nitrogens with one attached hydrogen (secondary N) is 1. The van der Waals surface area contributed by atoms with E-state index in [9.17, 15) is 18.8 Å². The first-order chi connectivity index (χ1) is 17.5. The number of carbonyl (C=O) groups is 3. The number of hydrogen-bond donors (Lipinski definition) is 2. The predicted molar refractivity (Wildman–Crippen MR) is 139 cm³/mol. The maximum absolute atomic E-state index is 12.7. The van der Waals surface area contributed by atoms with E-state index in [2.05, 4.69) is 26.1 Å². The second-order valence-corrected chi connectivity index (χ2v) is 7.28. The normalized spacial score (nSPS) is 13.8. The van der Waals surface area contributed by atoms with Crippen molar-refractivity contribution in [2.75, 3.05) is 18.9 Å². The van der Waals surface area contributed by atoms with Crippen LogP contribution in [-0.4, -0.2) is 70.7 Å². The van der Waals surface area contributed by atoms with Crippen LogP contribution in [0.15, 0.2) is 30.5 Å². The summed E-state index contributed by atoms with van der Waals surface area (Å²) in [5.41, 5.74) is 5.91. The number of nitrogens with two attached hydrogens (primary N) is 1. The number of aldehydes is 1. The Bertz CT molecular complexity index is 1130. The van der Waals surface area contributed by atoms with Crippen molar-refractivity contribution >= 4 is 48.8 Å². The van der Waals surface area contributed by atoms with E-state index in [0.29, 0.717) is 35.0 Å². The first-order valence-electron chi connectivity index (χ1n) is 11.6. The number of nitrogens with zero attached hydrogens (tertiary/aromatic N) is 5. The summed E-state index contributed by atoms with van der Waals surface area (Å²) in [5.74, 6) is 0.441. The molecule has 36 heavy (non-hydrogen) atoms. The van der Waals surface area contributed by atoms with Gasteiger partial charge in [0.25, 0.3) is 0 Å². The Labute approximate surface area is 211 Å². The van der Waals surface area contributed by atoms with Crippen molar-refractivity contribution < 1.29 is 18.8 Å². The molecular formula is C24H33BFN7O3. The zero-order valence-electron chi connectivity index (χ0n) is 21.1. The topological polar surface area (TPSA) is 136 Å². The molecule has 1 saturated heterocycles. The van der Waals surface area contributed by atoms with E-state index in [1.165, 1.54) is 24.0 Å². The molecule has 2 amide bonds. The molecule has 192 valence electrons. The minimum atomic E-state index is -0.705. The molecular weight excluding hydrogens is 464 g/mol. The molecule has 1 unspecified atom stereocenters. The van der Waals surface area contributed by atoms with Crippen molar-refractivity contribution in [1.82, 2.24) is 24.6 Å². The first-order valence-corrected chi connectivity index (χ1v) is 11.6. The number of anilines is 1. The van der Waals surface area contributed by atoms with Crippen LogP contribution in [0.1, 0.15) is 49.8 Å². The largest absolute Gasteiger partial charge is 0.338 e. The maximum atomic E-state index is 12.7. The number of alkyl halides is 1. The summed E-state index contributed by atoms with van der Waals surface area (Å²) in [4.78, 5) is 43.0. The predicted octanol–water partition coefficient (Wildman–Crippen LogP) is 1.77. The average molecular weight is 497 g/mol. The summed E-state index contributed by atoms with van der Waals surface area (Å²) >= 11 is 0. The molecule has 3 aromatic rings. The Kier molecular flexibility index (Phi) is 13.6. The van der Waals surface area contributed by atoms with Crippen molar-refractivity contribution in [1.29, 1.82) is 0 Å². The monoisotopic (exact) mass is 497 g/mol. The molecule has 2 radical (unpaired) electrons. The third-order valence-electron chi connectivity index (χ3n) is 5.11. The second kappa shape index (κ2) is 16.1. The summed E-state index contributed by atoms with van der Waals surface area (Å²) in [6, 6.07) is 6.76. The van der Waals surface area contributed by atoms with Gasteiger partial charge < -0.3 is 16.0 Å². The number of halogens is 1. The van der Waals surface area contributed by atoms with E-state index in [-0.39, 0.29) is 29.9 Å². The fraction of sp³-hybridized carbons (Fsp3) is 0.417. The van der Waals surface area contributed by atoms with Gasteiger partial charge in [0.05, 0.1) is 17.4 Å². The van der Waals surface area contributed by atoms with Gasteiger partial charge in [0, 0.05) is 18.0 Å². The van der Waals surface area contributed by atoms with Crippen molar-refractivity contribution in [3.05, 3.63) is 41.9 Å². The number of likely N-dealkylation sites (tertiary alicyclic amines) is 1. The molecule has 1 fully saturated rings. The van der Waals surface area contributed by atoms with Crippen molar-refractivity contribution in [3.8, 4) is 0 Å². The standard InChI is InChI=1S/C15H17FN4O2.C6H5BN2O.C2H6.CH5N/c1-10-3-2-4-19(10)15(22)8-20-14-7-17-11(6-16)5-12(14)13(9-21)18-20;7-5-2-1-3-6(9-5)8-4-10;2*1-2/h5,7,9-10H,2-4,6,8H2,1H3;1-4H,(H,8,9,10);1-2H3;2H2,1H3. The van der Waals surface area contributed by atoms with E-state index < -0.39 is 6.67 Å². The van der Waals surface area contributed by atoms with Gasteiger partial charge in [0.2, 0.25) is 12.3 Å². The number of amides is 2. The van der Waals surface area contributed by atoms with Crippen LogP contribution in [0.3, 0.4) is 0 Å². The van der Waals surface area contributed by atoms with Crippen molar-refractivity contribution in [2.24, 2.45) is 5.73 Å². The van der Waals surface area contributed by atoms with Crippen LogP contribution in [0.2, 0.25) is 0 Å². The molecule has 3 aromatic heterocycles. The lowest BCUT2D eigenvalue weighted by atomic mass is 10.0. The summed E-state index contributed by atoms with van der Waals surface area (Å²) in [6.45, 7) is 6.14. The van der Waals surface area contributed by atoms with E-state index >= 15 is 0 Å². The van der Waals surface area contributed by atoms with Crippen LogP contribution < -0.4 is 16.6 Å². The number of carbonyl (C=O) groups excluding carboxylic acids is 3. The van der Waals surface area contributed by atoms with Gasteiger partial charge in [-0.3, -0.25) is 24.0 Å². The van der Waals surface area contributed by atoms with Gasteiger partial charge >= 0.3 is 0 Å². The van der Waals surface area contributed by atoms with Gasteiger partial charge in [-0.15, -0.1) is 0 Å². The quantitative estimate of drug-likeness (QED) is 0.391. The lowest BCUT2D eigenvalue weighted by molar-refractivity contribution is -0.132. The van der Waals surface area contributed by atoms with Crippen LogP contribution in [0.25, 0.3) is 10.9 Å². The molecule has 1 atom stereocenters. The molecule has 4 rings (SSSR count). The molecule has 0 saturated carbocycles. The fourth-order valence-corrected chi connectivity index (χ4v) is 3.54. The van der Waals surface area contributed by atoms with Crippen LogP contribution in [0.5, 0.6) is 0 Å². The van der Waals surface area contributed by atoms with Gasteiger partial charge in [0.15, 0.2) is 6.29 Å². The molecule has 0 bridgehead atoms. The zero-order valence-corrected chi connectivity index (χ0v) is 21.1. The van der Waals surface area contributed by atoms with Gasteiger partial charge in [-0.1, -0.05) is 26.0 Å². The van der Waals surface area contributed by atoms with Crippen LogP contribution in [-0.2, 0) is 22.8 Å². The highest BCUT2D eigenvalue weighted by Crippen LogP contribution is 2.20. The molecule has 12 heteroatoms. The third-order valence-corrected chi connectivity index (χ3v) is 5.11. The van der Waals surface area contributed by atoms with E-state index in [4.69, 9.17) is 7.85 Å². The highest BCUT2D eigenvalue weighted by molar-refractivity contribution is 6.30. The Morgan fingerprint density at radius 2 is 2.03 bits per heavy atom. The highest BCUT2D eigenvalue weighted by Gasteiger charge is 2.26. The second-order valence-electron chi connectivity index (χ2n) is 7.28. The van der Waals surface area contributed by atoms with Crippen LogP contribution >= 0.6 is 0 Å². The number of fused-ring (bicyclic) bond motifs is 1. The summed E-state index contributed by atoms with van der Waals surface area (Å²) < 4.78 is 14.2. The Morgan fingerprint density at radius 3 is 2.58 bits per heavy atom. The SMILES string of the molecule is CC.CC1CCCN1C(=O)Cn1nc(C=O)c2cc(CF)ncc21.CN.[B]c1cccc(NC=O)n1. The molecule has 1 aliphatic heterocycles. The van der Waals surface area contributed by atoms with E-state index in [1.807, 2.05) is 25.7 Å². The molecule has 0 spiro atoms. The highest BCUT2D eigenvalue weighted by atomic mass is 19.1. The Balaban J connectivity index is 0.000000388. The van der Waals surface area contributed by atoms with Crippen LogP contribution in [0.4, 0.5) is 10.2 Å². The van der Waals surface area contributed by atoms with Crippen molar-refractivity contribution in [2.45, 2.75) is 52.9 Å². The van der Waals surface area contributed by atoms with Gasteiger partial charge in [0.1, 0.15) is 32.6 Å². The zero-order chi connectivity index (χ0) is 27.1. The van der Waals surface area contributed by atoms with Crippen LogP contribution in [0, 0.1) is 0 Å². The van der Waals surface area contributed by atoms with Crippen molar-refractivity contribution in [3.63, 3.8) is 0 Å². The number of aromatic nitrogens is 4. The number of rotatable bonds is 6. The summed E-state index contributed by atoms with van der Waals surface area (Å²) in [7, 11) is 6.82. The average Bonchev–Trinajstić information content (AvgIpc) is 3.49. The van der Waals surface area contributed by atoms with Gasteiger partial charge in [-0.25, -0.2) is 9.37 Å². The van der Waals surface area contributed by atoms with E-state index in [0.717, 1.165) is 19.4 Å². The Hall–Kier alpha value is -3.67. The Morgan fingerprint density at radius 1 is 1.31 bits per heavy atom. The van der Waals surface area contributed by atoms with Gasteiger partial charge in [-0.05, 0) is 44.5 Å². The number of hydrogen-bond acceptors (Lipinski definition) is 7. The smallest absolute Gasteiger partial charge is 0.244 e. The molecule has 4 heterocycles. The fourth-order valence-electron chi connectivity index (χ4n) is 3.54. The minimum Gasteiger partial charge on any atom is -0.338 e. The summed E-state index contributed by atoms with van der Waals surface area (Å²) in [6.07, 6.45) is 4.65. The lowest BCUT2D eigenvalue weighted by Crippen LogP contribution is -2.36. The summed E-state index contributed by atoms with van der Waals surface area (Å²) in [5, 5.41) is 7.06. The molecule has 1 aliphatic rings. The first kappa shape index (κ1) is 30.4. The van der Waals surface area contributed by atoms with E-state index in [1.54, 1.807) is 18.2 Å².